The first-order valence-corrected chi connectivity index (χ1v) is 9.48. The molecule has 3 aliphatic rings. The minimum Gasteiger partial charge on any atom is -0.466 e. The van der Waals surface area contributed by atoms with E-state index in [-0.39, 0.29) is 24.2 Å². The average Bonchev–Trinajstić information content (AvgIpc) is 3.29. The monoisotopic (exact) mass is 365 g/mol. The molecule has 4 rings (SSSR count). The van der Waals surface area contributed by atoms with Gasteiger partial charge in [-0.1, -0.05) is 18.5 Å². The van der Waals surface area contributed by atoms with E-state index >= 15 is 0 Å². The molecule has 5 nitrogen and oxygen atoms in total. The van der Waals surface area contributed by atoms with Gasteiger partial charge in [-0.05, 0) is 44.2 Å². The van der Waals surface area contributed by atoms with Gasteiger partial charge in [0.05, 0.1) is 12.0 Å². The van der Waals surface area contributed by atoms with Crippen LogP contribution >= 0.6 is 11.6 Å². The summed E-state index contributed by atoms with van der Waals surface area (Å²) in [5, 5.41) is 0.689. The standard InChI is InChI=1S/C19H24ClNO4/c1-3-19(18(22)23-4-2)9-13-5-6-17(19)21(13)10-12-7-15-16(8-14(12)20)25-11-24-15/h7-8,13,17H,3-6,9-11H2,1-2H3/t13-,17+,19+/m1/s1. The third-order valence-electron chi connectivity index (χ3n) is 6.09. The van der Waals surface area contributed by atoms with Gasteiger partial charge in [-0.3, -0.25) is 9.69 Å². The predicted octanol–water partition coefficient (Wildman–Crippen LogP) is 3.76. The van der Waals surface area contributed by atoms with Gasteiger partial charge in [0.1, 0.15) is 0 Å². The third-order valence-corrected chi connectivity index (χ3v) is 6.44. The number of hydrogen-bond donors (Lipinski definition) is 0. The molecule has 0 aliphatic carbocycles. The number of rotatable bonds is 5. The molecule has 0 spiro atoms. The molecule has 2 saturated heterocycles. The van der Waals surface area contributed by atoms with Crippen molar-refractivity contribution in [2.24, 2.45) is 5.41 Å². The van der Waals surface area contributed by atoms with Crippen molar-refractivity contribution in [1.29, 1.82) is 0 Å². The van der Waals surface area contributed by atoms with Crippen LogP contribution < -0.4 is 9.47 Å². The van der Waals surface area contributed by atoms with Crippen LogP contribution in [0.3, 0.4) is 0 Å². The lowest BCUT2D eigenvalue weighted by Gasteiger charge is -2.34. The summed E-state index contributed by atoms with van der Waals surface area (Å²) in [6, 6.07) is 4.44. The van der Waals surface area contributed by atoms with Crippen molar-refractivity contribution < 1.29 is 19.0 Å². The molecule has 0 aromatic heterocycles. The quantitative estimate of drug-likeness (QED) is 0.743. The van der Waals surface area contributed by atoms with Gasteiger partial charge in [0.2, 0.25) is 6.79 Å². The molecule has 0 unspecified atom stereocenters. The molecule has 0 saturated carbocycles. The number of esters is 1. The molecular weight excluding hydrogens is 342 g/mol. The van der Waals surface area contributed by atoms with E-state index in [1.165, 1.54) is 0 Å². The number of carbonyl (C=O) groups excluding carboxylic acids is 1. The highest BCUT2D eigenvalue weighted by Gasteiger charge is 2.59. The number of hydrogen-bond acceptors (Lipinski definition) is 5. The number of carbonyl (C=O) groups is 1. The van der Waals surface area contributed by atoms with E-state index in [9.17, 15) is 4.79 Å². The van der Waals surface area contributed by atoms with Gasteiger partial charge < -0.3 is 14.2 Å². The first kappa shape index (κ1) is 17.0. The normalized spacial score (nSPS) is 30.0. The van der Waals surface area contributed by atoms with E-state index in [1.807, 2.05) is 19.1 Å². The highest BCUT2D eigenvalue weighted by atomic mass is 35.5. The minimum absolute atomic E-state index is 0.0357. The van der Waals surface area contributed by atoms with Crippen molar-refractivity contribution in [2.45, 2.75) is 58.2 Å². The summed E-state index contributed by atoms with van der Waals surface area (Å²) >= 11 is 6.47. The summed E-state index contributed by atoms with van der Waals surface area (Å²) in [5.41, 5.74) is 0.653. The second kappa shape index (κ2) is 6.36. The lowest BCUT2D eigenvalue weighted by molar-refractivity contribution is -0.157. The summed E-state index contributed by atoms with van der Waals surface area (Å²) in [4.78, 5) is 15.1. The molecular formula is C19H24ClNO4. The summed E-state index contributed by atoms with van der Waals surface area (Å²) in [7, 11) is 0. The number of halogens is 1. The molecule has 2 fully saturated rings. The average molecular weight is 366 g/mol. The van der Waals surface area contributed by atoms with E-state index in [2.05, 4.69) is 11.8 Å². The minimum atomic E-state index is -0.373. The van der Waals surface area contributed by atoms with E-state index in [0.717, 1.165) is 43.5 Å². The Morgan fingerprint density at radius 2 is 2.08 bits per heavy atom. The fourth-order valence-electron chi connectivity index (χ4n) is 4.84. The van der Waals surface area contributed by atoms with Gasteiger partial charge in [0, 0.05) is 29.7 Å². The molecule has 1 aromatic carbocycles. The summed E-state index contributed by atoms with van der Waals surface area (Å²) in [5.74, 6) is 1.41. The smallest absolute Gasteiger partial charge is 0.313 e. The molecule has 3 heterocycles. The van der Waals surface area contributed by atoms with Gasteiger partial charge in [0.25, 0.3) is 0 Å². The van der Waals surface area contributed by atoms with Crippen LogP contribution in [-0.4, -0.2) is 36.4 Å². The van der Waals surface area contributed by atoms with Crippen LogP contribution in [0.4, 0.5) is 0 Å². The second-order valence-electron chi connectivity index (χ2n) is 7.15. The zero-order valence-corrected chi connectivity index (χ0v) is 15.5. The molecule has 0 N–H and O–H groups in total. The third kappa shape index (κ3) is 2.59. The molecule has 0 amide bonds. The topological polar surface area (TPSA) is 48.0 Å². The van der Waals surface area contributed by atoms with Crippen LogP contribution in [-0.2, 0) is 16.1 Å². The molecule has 25 heavy (non-hydrogen) atoms. The predicted molar refractivity (Wildman–Crippen MR) is 93.9 cm³/mol. The lowest BCUT2D eigenvalue weighted by Crippen LogP contribution is -2.44. The van der Waals surface area contributed by atoms with E-state index in [4.69, 9.17) is 25.8 Å². The molecule has 136 valence electrons. The Hall–Kier alpha value is -1.46. The SMILES string of the molecule is CCOC(=O)[C@@]1(CC)C[C@H]2CC[C@@H]1N2Cc1cc2c(cc1Cl)OCO2. The maximum atomic E-state index is 12.7. The Morgan fingerprint density at radius 3 is 2.80 bits per heavy atom. The van der Waals surface area contributed by atoms with Crippen molar-refractivity contribution in [3.05, 3.63) is 22.7 Å². The van der Waals surface area contributed by atoms with Crippen LogP contribution in [0.2, 0.25) is 5.02 Å². The molecule has 3 atom stereocenters. The number of benzene rings is 1. The van der Waals surface area contributed by atoms with E-state index < -0.39 is 0 Å². The van der Waals surface area contributed by atoms with Gasteiger partial charge >= 0.3 is 5.97 Å². The van der Waals surface area contributed by atoms with Crippen LogP contribution in [0, 0.1) is 5.41 Å². The highest BCUT2D eigenvalue weighted by molar-refractivity contribution is 6.31. The number of fused-ring (bicyclic) bond motifs is 3. The Balaban J connectivity index is 1.59. The first-order valence-electron chi connectivity index (χ1n) is 9.10. The zero-order chi connectivity index (χ0) is 17.6. The maximum Gasteiger partial charge on any atom is 0.313 e. The fourth-order valence-corrected chi connectivity index (χ4v) is 5.05. The molecule has 0 radical (unpaired) electrons. The van der Waals surface area contributed by atoms with Crippen molar-refractivity contribution in [2.75, 3.05) is 13.4 Å². The number of ether oxygens (including phenoxy) is 3. The number of nitrogens with zero attached hydrogens (tertiary/aromatic N) is 1. The van der Waals surface area contributed by atoms with Gasteiger partial charge in [0.15, 0.2) is 11.5 Å². The van der Waals surface area contributed by atoms with Crippen LogP contribution in [0.25, 0.3) is 0 Å². The Morgan fingerprint density at radius 1 is 1.32 bits per heavy atom. The lowest BCUT2D eigenvalue weighted by atomic mass is 9.72. The summed E-state index contributed by atoms with van der Waals surface area (Å²) < 4.78 is 16.3. The van der Waals surface area contributed by atoms with Crippen molar-refractivity contribution in [3.63, 3.8) is 0 Å². The fraction of sp³-hybridized carbons (Fsp3) is 0.632. The van der Waals surface area contributed by atoms with E-state index in [0.29, 0.717) is 23.4 Å². The first-order chi connectivity index (χ1) is 12.1. The largest absolute Gasteiger partial charge is 0.466 e. The summed E-state index contributed by atoms with van der Waals surface area (Å²) in [6.45, 7) is 5.38. The van der Waals surface area contributed by atoms with Crippen molar-refractivity contribution in [3.8, 4) is 11.5 Å². The van der Waals surface area contributed by atoms with Crippen molar-refractivity contribution in [1.82, 2.24) is 4.90 Å². The Bertz CT molecular complexity index is 694. The molecule has 3 aliphatic heterocycles. The molecule has 2 bridgehead atoms. The maximum absolute atomic E-state index is 12.7. The van der Waals surface area contributed by atoms with Gasteiger partial charge in [-0.15, -0.1) is 0 Å². The Labute approximate surface area is 153 Å². The molecule has 1 aromatic rings. The second-order valence-corrected chi connectivity index (χ2v) is 7.56. The molecule has 6 heteroatoms. The van der Waals surface area contributed by atoms with Crippen LogP contribution in [0.15, 0.2) is 12.1 Å². The van der Waals surface area contributed by atoms with E-state index in [1.54, 1.807) is 0 Å². The van der Waals surface area contributed by atoms with Gasteiger partial charge in [-0.2, -0.15) is 0 Å². The van der Waals surface area contributed by atoms with Crippen LogP contribution in [0.1, 0.15) is 45.1 Å². The van der Waals surface area contributed by atoms with Gasteiger partial charge in [-0.25, -0.2) is 0 Å². The van der Waals surface area contributed by atoms with Crippen molar-refractivity contribution >= 4 is 17.6 Å². The van der Waals surface area contributed by atoms with Crippen LogP contribution in [0.5, 0.6) is 11.5 Å². The zero-order valence-electron chi connectivity index (χ0n) is 14.7. The summed E-state index contributed by atoms with van der Waals surface area (Å²) in [6.07, 6.45) is 3.88. The Kier molecular flexibility index (Phi) is 4.32. The highest BCUT2D eigenvalue weighted by Crippen LogP contribution is 2.53.